The minimum Gasteiger partial charge on any atom is -0.381 e. The van der Waals surface area contributed by atoms with Crippen LogP contribution in [-0.4, -0.2) is 69.6 Å². The van der Waals surface area contributed by atoms with Crippen LogP contribution in [0.25, 0.3) is 0 Å². The maximum absolute atomic E-state index is 11.7. The molecular weight excluding hydrogens is 234 g/mol. The molecule has 3 rings (SSSR count). The van der Waals surface area contributed by atoms with Crippen LogP contribution in [0.3, 0.4) is 0 Å². The summed E-state index contributed by atoms with van der Waals surface area (Å²) < 4.78 is 10.9. The van der Waals surface area contributed by atoms with Gasteiger partial charge in [-0.25, -0.2) is 4.79 Å². The molecule has 0 aromatic carbocycles. The van der Waals surface area contributed by atoms with Gasteiger partial charge >= 0.3 is 6.03 Å². The van der Waals surface area contributed by atoms with Crippen molar-refractivity contribution < 1.29 is 14.3 Å². The molecule has 3 aliphatic rings. The smallest absolute Gasteiger partial charge is 0.315 e. The summed E-state index contributed by atoms with van der Waals surface area (Å²) in [6, 6.07) is 0.250. The van der Waals surface area contributed by atoms with Gasteiger partial charge in [-0.15, -0.1) is 0 Å². The monoisotopic (exact) mass is 255 g/mol. The summed E-state index contributed by atoms with van der Waals surface area (Å²) in [5.41, 5.74) is 0. The van der Waals surface area contributed by atoms with E-state index in [4.69, 9.17) is 9.47 Å². The van der Waals surface area contributed by atoms with E-state index in [0.29, 0.717) is 24.4 Å². The van der Waals surface area contributed by atoms with Crippen molar-refractivity contribution in [2.24, 2.45) is 11.8 Å². The molecule has 6 nitrogen and oxygen atoms in total. The van der Waals surface area contributed by atoms with Crippen LogP contribution < -0.4 is 10.6 Å². The molecule has 2 unspecified atom stereocenters. The molecule has 2 amide bonds. The SMILES string of the molecule is CN1CCOC(CNC(=O)NC2[C@H]3COC[C@@H]23)C1. The first-order valence-corrected chi connectivity index (χ1v) is 6.66. The first-order valence-electron chi connectivity index (χ1n) is 6.66. The van der Waals surface area contributed by atoms with Gasteiger partial charge in [0.15, 0.2) is 0 Å². The van der Waals surface area contributed by atoms with Gasteiger partial charge in [-0.2, -0.15) is 0 Å². The predicted molar refractivity (Wildman–Crippen MR) is 65.4 cm³/mol. The number of nitrogens with zero attached hydrogens (tertiary/aromatic N) is 1. The van der Waals surface area contributed by atoms with Gasteiger partial charge in [-0.05, 0) is 7.05 Å². The van der Waals surface area contributed by atoms with Crippen LogP contribution in [0.5, 0.6) is 0 Å². The summed E-state index contributed by atoms with van der Waals surface area (Å²) in [6.07, 6.45) is 0.108. The maximum Gasteiger partial charge on any atom is 0.315 e. The zero-order chi connectivity index (χ0) is 12.5. The molecule has 0 bridgehead atoms. The van der Waals surface area contributed by atoms with E-state index >= 15 is 0 Å². The average molecular weight is 255 g/mol. The Morgan fingerprint density at radius 3 is 2.89 bits per heavy atom. The molecule has 2 saturated heterocycles. The molecule has 2 aliphatic heterocycles. The number of urea groups is 1. The number of hydrogen-bond acceptors (Lipinski definition) is 4. The average Bonchev–Trinajstić information content (AvgIpc) is 2.80. The summed E-state index contributed by atoms with van der Waals surface area (Å²) in [5, 5.41) is 5.90. The van der Waals surface area contributed by atoms with E-state index in [-0.39, 0.29) is 12.1 Å². The Bertz CT molecular complexity index is 316. The highest BCUT2D eigenvalue weighted by atomic mass is 16.5. The molecule has 1 aliphatic carbocycles. The van der Waals surface area contributed by atoms with Gasteiger partial charge in [0.1, 0.15) is 0 Å². The van der Waals surface area contributed by atoms with Crippen LogP contribution in [0.15, 0.2) is 0 Å². The first-order chi connectivity index (χ1) is 8.74. The second kappa shape index (κ2) is 5.03. The van der Waals surface area contributed by atoms with E-state index < -0.39 is 0 Å². The fourth-order valence-electron chi connectivity index (χ4n) is 2.85. The third kappa shape index (κ3) is 2.60. The van der Waals surface area contributed by atoms with E-state index in [1.54, 1.807) is 0 Å². The largest absolute Gasteiger partial charge is 0.381 e. The number of fused-ring (bicyclic) bond motifs is 1. The van der Waals surface area contributed by atoms with Gasteiger partial charge in [-0.1, -0.05) is 0 Å². The van der Waals surface area contributed by atoms with Gasteiger partial charge < -0.3 is 25.0 Å². The van der Waals surface area contributed by atoms with Crippen molar-refractivity contribution in [2.45, 2.75) is 12.1 Å². The Morgan fingerprint density at radius 1 is 1.39 bits per heavy atom. The minimum atomic E-state index is -0.0776. The zero-order valence-electron chi connectivity index (χ0n) is 10.7. The van der Waals surface area contributed by atoms with Crippen molar-refractivity contribution in [3.8, 4) is 0 Å². The number of morpholine rings is 1. The molecule has 0 aromatic rings. The Balaban J connectivity index is 1.34. The number of amides is 2. The van der Waals surface area contributed by atoms with Crippen molar-refractivity contribution in [1.29, 1.82) is 0 Å². The van der Waals surface area contributed by atoms with Crippen molar-refractivity contribution in [3.05, 3.63) is 0 Å². The maximum atomic E-state index is 11.7. The summed E-state index contributed by atoms with van der Waals surface area (Å²) in [7, 11) is 2.07. The van der Waals surface area contributed by atoms with Crippen LogP contribution in [0, 0.1) is 11.8 Å². The summed E-state index contributed by atoms with van der Waals surface area (Å²) >= 11 is 0. The van der Waals surface area contributed by atoms with Gasteiger partial charge in [-0.3, -0.25) is 0 Å². The van der Waals surface area contributed by atoms with Crippen LogP contribution in [0.2, 0.25) is 0 Å². The lowest BCUT2D eigenvalue weighted by Gasteiger charge is -2.30. The predicted octanol–water partition coefficient (Wildman–Crippen LogP) is -0.739. The first kappa shape index (κ1) is 12.2. The van der Waals surface area contributed by atoms with E-state index in [1.807, 2.05) is 0 Å². The molecule has 1 saturated carbocycles. The highest BCUT2D eigenvalue weighted by Gasteiger charge is 2.54. The molecule has 6 heteroatoms. The second-order valence-corrected chi connectivity index (χ2v) is 5.50. The topological polar surface area (TPSA) is 62.8 Å². The van der Waals surface area contributed by atoms with Gasteiger partial charge in [0.05, 0.1) is 25.9 Å². The number of hydrogen-bond donors (Lipinski definition) is 2. The molecule has 2 heterocycles. The third-order valence-corrected chi connectivity index (χ3v) is 4.08. The molecule has 4 atom stereocenters. The Morgan fingerprint density at radius 2 is 2.17 bits per heavy atom. The van der Waals surface area contributed by atoms with Crippen molar-refractivity contribution in [1.82, 2.24) is 15.5 Å². The van der Waals surface area contributed by atoms with E-state index in [1.165, 1.54) is 0 Å². The molecule has 2 N–H and O–H groups in total. The van der Waals surface area contributed by atoms with Crippen LogP contribution in [0.1, 0.15) is 0 Å². The lowest BCUT2D eigenvalue weighted by atomic mass is 10.3. The third-order valence-electron chi connectivity index (χ3n) is 4.08. The molecule has 18 heavy (non-hydrogen) atoms. The standard InChI is InChI=1S/C12H21N3O3/c1-15-2-3-18-8(5-15)4-13-12(16)14-11-9-6-17-7-10(9)11/h8-11H,2-7H2,1H3,(H2,13,14,16)/t8?,9-,10+,11?. The van der Waals surface area contributed by atoms with Crippen LogP contribution in [-0.2, 0) is 9.47 Å². The Hall–Kier alpha value is -0.850. The van der Waals surface area contributed by atoms with Crippen molar-refractivity contribution in [2.75, 3.05) is 46.5 Å². The quantitative estimate of drug-likeness (QED) is 0.697. The van der Waals surface area contributed by atoms with Gasteiger partial charge in [0, 0.05) is 37.5 Å². The van der Waals surface area contributed by atoms with Crippen molar-refractivity contribution in [3.63, 3.8) is 0 Å². The molecule has 0 aromatic heterocycles. The Kier molecular flexibility index (Phi) is 3.41. The number of rotatable bonds is 3. The summed E-state index contributed by atoms with van der Waals surface area (Å²) in [5.74, 6) is 1.10. The van der Waals surface area contributed by atoms with Crippen molar-refractivity contribution >= 4 is 6.03 Å². The highest BCUT2D eigenvalue weighted by Crippen LogP contribution is 2.43. The van der Waals surface area contributed by atoms with Crippen LogP contribution in [0.4, 0.5) is 4.79 Å². The normalized spacial score (nSPS) is 39.2. The number of likely N-dealkylation sites (N-methyl/N-ethyl adjacent to an activating group) is 1. The zero-order valence-corrected chi connectivity index (χ0v) is 10.7. The molecule has 0 radical (unpaired) electrons. The van der Waals surface area contributed by atoms with Gasteiger partial charge in [0.25, 0.3) is 0 Å². The minimum absolute atomic E-state index is 0.0776. The number of carbonyl (C=O) groups excluding carboxylic acids is 1. The van der Waals surface area contributed by atoms with Gasteiger partial charge in [0.2, 0.25) is 0 Å². The lowest BCUT2D eigenvalue weighted by Crippen LogP contribution is -2.48. The molecule has 0 spiro atoms. The van der Waals surface area contributed by atoms with E-state index in [9.17, 15) is 4.79 Å². The lowest BCUT2D eigenvalue weighted by molar-refractivity contribution is -0.0168. The van der Waals surface area contributed by atoms with Crippen LogP contribution >= 0.6 is 0 Å². The fraction of sp³-hybridized carbons (Fsp3) is 0.917. The second-order valence-electron chi connectivity index (χ2n) is 5.50. The summed E-state index contributed by atoms with van der Waals surface area (Å²) in [4.78, 5) is 13.9. The Labute approximate surface area is 107 Å². The summed E-state index contributed by atoms with van der Waals surface area (Å²) in [6.45, 7) is 4.76. The number of nitrogens with one attached hydrogen (secondary N) is 2. The van der Waals surface area contributed by atoms with E-state index in [2.05, 4.69) is 22.6 Å². The fourth-order valence-corrected chi connectivity index (χ4v) is 2.85. The molecule has 102 valence electrons. The molecule has 3 fully saturated rings. The molecular formula is C12H21N3O3. The highest BCUT2D eigenvalue weighted by molar-refractivity contribution is 5.74. The number of carbonyl (C=O) groups is 1. The van der Waals surface area contributed by atoms with E-state index in [0.717, 1.165) is 32.9 Å². The number of ether oxygens (including phenoxy) is 2.